The molecule has 1 amide bonds. The molecule has 0 saturated heterocycles. The first-order chi connectivity index (χ1) is 10.7. The lowest BCUT2D eigenvalue weighted by atomic mass is 9.89. The summed E-state index contributed by atoms with van der Waals surface area (Å²) in [6.45, 7) is 2.22. The number of carbonyl (C=O) groups is 1. The first-order valence-electron chi connectivity index (χ1n) is 8.14. The molecule has 0 N–H and O–H groups in total. The fourth-order valence-electron chi connectivity index (χ4n) is 3.21. The lowest BCUT2D eigenvalue weighted by Gasteiger charge is -2.34. The van der Waals surface area contributed by atoms with Crippen molar-refractivity contribution in [3.63, 3.8) is 0 Å². The molecule has 2 aromatic rings. The van der Waals surface area contributed by atoms with Crippen LogP contribution >= 0.6 is 0 Å². The van der Waals surface area contributed by atoms with E-state index in [0.717, 1.165) is 24.0 Å². The van der Waals surface area contributed by atoms with Crippen LogP contribution in [0.5, 0.6) is 0 Å². The second kappa shape index (κ2) is 6.35. The van der Waals surface area contributed by atoms with Crippen molar-refractivity contribution in [3.8, 4) is 0 Å². The Hall–Kier alpha value is -2.09. The number of unbranched alkanes of at least 4 members (excludes halogenated alkanes) is 1. The van der Waals surface area contributed by atoms with Crippen molar-refractivity contribution in [2.45, 2.75) is 38.6 Å². The van der Waals surface area contributed by atoms with Gasteiger partial charge < -0.3 is 4.90 Å². The van der Waals surface area contributed by atoms with Crippen molar-refractivity contribution < 1.29 is 4.79 Å². The van der Waals surface area contributed by atoms with Crippen molar-refractivity contribution >= 4 is 5.91 Å². The van der Waals surface area contributed by atoms with Crippen LogP contribution in [0.2, 0.25) is 0 Å². The fourth-order valence-corrected chi connectivity index (χ4v) is 3.21. The maximum Gasteiger partial charge on any atom is 0.254 e. The van der Waals surface area contributed by atoms with Gasteiger partial charge in [-0.15, -0.1) is 0 Å². The molecule has 0 fully saturated rings. The molecule has 0 aromatic heterocycles. The molecule has 2 nitrogen and oxygen atoms in total. The van der Waals surface area contributed by atoms with Crippen LogP contribution in [0.15, 0.2) is 48.5 Å². The average Bonchev–Trinajstić information content (AvgIpc) is 2.57. The van der Waals surface area contributed by atoms with E-state index in [-0.39, 0.29) is 11.9 Å². The molecule has 1 aliphatic heterocycles. The lowest BCUT2D eigenvalue weighted by molar-refractivity contribution is 0.0705. The number of likely N-dealkylation sites (N-methyl/N-ethyl adjacent to an activating group) is 1. The van der Waals surface area contributed by atoms with Crippen molar-refractivity contribution in [2.24, 2.45) is 0 Å². The predicted octanol–water partition coefficient (Wildman–Crippen LogP) is 4.40. The Kier molecular flexibility index (Phi) is 4.28. The number of carbonyl (C=O) groups excluding carboxylic acids is 1. The summed E-state index contributed by atoms with van der Waals surface area (Å²) in [7, 11) is 1.91. The van der Waals surface area contributed by atoms with Crippen molar-refractivity contribution in [3.05, 3.63) is 70.8 Å². The minimum absolute atomic E-state index is 0.127. The van der Waals surface area contributed by atoms with Crippen LogP contribution in [-0.4, -0.2) is 17.9 Å². The van der Waals surface area contributed by atoms with Crippen LogP contribution < -0.4 is 0 Å². The Morgan fingerprint density at radius 3 is 2.55 bits per heavy atom. The summed E-state index contributed by atoms with van der Waals surface area (Å²) in [5.74, 6) is 0.127. The van der Waals surface area contributed by atoms with E-state index in [1.807, 2.05) is 30.1 Å². The second-order valence-corrected chi connectivity index (χ2v) is 6.14. The Morgan fingerprint density at radius 2 is 1.82 bits per heavy atom. The summed E-state index contributed by atoms with van der Waals surface area (Å²) in [5, 5.41) is 0. The van der Waals surface area contributed by atoms with Gasteiger partial charge in [0.15, 0.2) is 0 Å². The van der Waals surface area contributed by atoms with Gasteiger partial charge in [-0.25, -0.2) is 0 Å². The molecule has 0 radical (unpaired) electrons. The molecule has 2 aromatic carbocycles. The van der Waals surface area contributed by atoms with Gasteiger partial charge in [0.2, 0.25) is 0 Å². The molecule has 22 heavy (non-hydrogen) atoms. The molecule has 1 aliphatic rings. The molecule has 0 spiro atoms. The third kappa shape index (κ3) is 2.78. The number of amides is 1. The van der Waals surface area contributed by atoms with E-state index < -0.39 is 0 Å². The Morgan fingerprint density at radius 1 is 1.09 bits per heavy atom. The van der Waals surface area contributed by atoms with Gasteiger partial charge in [0.1, 0.15) is 0 Å². The molecule has 2 heteroatoms. The largest absolute Gasteiger partial charge is 0.334 e. The summed E-state index contributed by atoms with van der Waals surface area (Å²) in [6, 6.07) is 16.9. The quantitative estimate of drug-likeness (QED) is 0.818. The SMILES string of the molecule is CCCCc1ccc(C2Cc3ccccc3C(=O)N2C)cc1. The van der Waals surface area contributed by atoms with Gasteiger partial charge in [0.05, 0.1) is 6.04 Å². The van der Waals surface area contributed by atoms with Gasteiger partial charge in [-0.05, 0) is 42.0 Å². The number of rotatable bonds is 4. The maximum atomic E-state index is 12.5. The molecule has 0 saturated carbocycles. The smallest absolute Gasteiger partial charge is 0.254 e. The molecule has 0 aliphatic carbocycles. The highest BCUT2D eigenvalue weighted by Gasteiger charge is 2.30. The van der Waals surface area contributed by atoms with Crippen LogP contribution in [0.25, 0.3) is 0 Å². The van der Waals surface area contributed by atoms with E-state index in [0.29, 0.717) is 0 Å². The van der Waals surface area contributed by atoms with Crippen molar-refractivity contribution in [1.29, 1.82) is 0 Å². The van der Waals surface area contributed by atoms with E-state index in [1.54, 1.807) is 0 Å². The topological polar surface area (TPSA) is 20.3 Å². The summed E-state index contributed by atoms with van der Waals surface area (Å²) < 4.78 is 0. The lowest BCUT2D eigenvalue weighted by Crippen LogP contribution is -2.37. The first-order valence-corrected chi connectivity index (χ1v) is 8.14. The molecule has 114 valence electrons. The molecule has 3 rings (SSSR count). The summed E-state index contributed by atoms with van der Waals surface area (Å²) in [6.07, 6.45) is 4.48. The van der Waals surface area contributed by atoms with Crippen molar-refractivity contribution in [1.82, 2.24) is 4.90 Å². The number of hydrogen-bond donors (Lipinski definition) is 0. The number of hydrogen-bond acceptors (Lipinski definition) is 1. The standard InChI is InChI=1S/C20H23NO/c1-3-4-7-15-10-12-16(13-11-15)19-14-17-8-5-6-9-18(17)20(22)21(19)2/h5-6,8-13,19H,3-4,7,14H2,1-2H3. The first kappa shape index (κ1) is 14.8. The third-order valence-corrected chi connectivity index (χ3v) is 4.63. The molecule has 1 unspecified atom stereocenters. The zero-order chi connectivity index (χ0) is 15.5. The zero-order valence-corrected chi connectivity index (χ0v) is 13.4. The number of nitrogens with zero attached hydrogens (tertiary/aromatic N) is 1. The van der Waals surface area contributed by atoms with Crippen molar-refractivity contribution in [2.75, 3.05) is 7.05 Å². The normalized spacial score (nSPS) is 17.5. The van der Waals surface area contributed by atoms with E-state index in [1.165, 1.54) is 24.0 Å². The molecular weight excluding hydrogens is 270 g/mol. The van der Waals surface area contributed by atoms with Gasteiger partial charge in [0.25, 0.3) is 5.91 Å². The van der Waals surface area contributed by atoms with Crippen LogP contribution in [-0.2, 0) is 12.8 Å². The van der Waals surface area contributed by atoms with E-state index in [2.05, 4.69) is 37.3 Å². The Balaban J connectivity index is 1.84. The molecular formula is C20H23NO. The van der Waals surface area contributed by atoms with Crippen LogP contribution in [0.3, 0.4) is 0 Å². The summed E-state index contributed by atoms with van der Waals surface area (Å²) in [4.78, 5) is 14.4. The molecule has 0 bridgehead atoms. The minimum Gasteiger partial charge on any atom is -0.334 e. The monoisotopic (exact) mass is 293 g/mol. The van der Waals surface area contributed by atoms with Crippen LogP contribution in [0.1, 0.15) is 52.9 Å². The van der Waals surface area contributed by atoms with Gasteiger partial charge >= 0.3 is 0 Å². The molecule has 1 heterocycles. The third-order valence-electron chi connectivity index (χ3n) is 4.63. The van der Waals surface area contributed by atoms with E-state index in [9.17, 15) is 4.79 Å². The van der Waals surface area contributed by atoms with E-state index in [4.69, 9.17) is 0 Å². The zero-order valence-electron chi connectivity index (χ0n) is 13.4. The minimum atomic E-state index is 0.127. The maximum absolute atomic E-state index is 12.5. The summed E-state index contributed by atoms with van der Waals surface area (Å²) in [5.41, 5.74) is 4.62. The predicted molar refractivity (Wildman–Crippen MR) is 90.0 cm³/mol. The highest BCUT2D eigenvalue weighted by molar-refractivity contribution is 5.97. The van der Waals surface area contributed by atoms with E-state index >= 15 is 0 Å². The highest BCUT2D eigenvalue weighted by Crippen LogP contribution is 2.32. The van der Waals surface area contributed by atoms with Gasteiger partial charge in [-0.1, -0.05) is 55.8 Å². The fraction of sp³-hybridized carbons (Fsp3) is 0.350. The number of aryl methyl sites for hydroxylation is 1. The van der Waals surface area contributed by atoms with Gasteiger partial charge in [0, 0.05) is 12.6 Å². The molecule has 1 atom stereocenters. The second-order valence-electron chi connectivity index (χ2n) is 6.14. The Labute approximate surface area is 132 Å². The van der Waals surface area contributed by atoms with Crippen LogP contribution in [0.4, 0.5) is 0 Å². The van der Waals surface area contributed by atoms with Gasteiger partial charge in [-0.2, -0.15) is 0 Å². The number of fused-ring (bicyclic) bond motifs is 1. The highest BCUT2D eigenvalue weighted by atomic mass is 16.2. The number of benzene rings is 2. The Bertz CT molecular complexity index is 660. The van der Waals surface area contributed by atoms with Gasteiger partial charge in [-0.3, -0.25) is 4.79 Å². The average molecular weight is 293 g/mol. The van der Waals surface area contributed by atoms with Crippen LogP contribution in [0, 0.1) is 0 Å². The summed E-state index contributed by atoms with van der Waals surface area (Å²) >= 11 is 0.